The van der Waals surface area contributed by atoms with Gasteiger partial charge < -0.3 is 19.5 Å². The van der Waals surface area contributed by atoms with Crippen molar-refractivity contribution >= 4 is 23.7 Å². The van der Waals surface area contributed by atoms with Crippen LogP contribution in [-0.4, -0.2) is 27.9 Å². The Labute approximate surface area is 246 Å². The zero-order valence-corrected chi connectivity index (χ0v) is 23.9. The van der Waals surface area contributed by atoms with E-state index in [9.17, 15) is 15.0 Å². The molecule has 212 valence electrons. The summed E-state index contributed by atoms with van der Waals surface area (Å²) >= 11 is 0. The van der Waals surface area contributed by atoms with Crippen LogP contribution in [-0.2, 0) is 9.30 Å². The SMILES string of the molecule is O=C(O[C@@H](c1ccccc1)[C@@H](O)CC(C(O)c1ccccc1)P(=O)(c1ccccc1)c1ccccc1)c1ccccc1. The topological polar surface area (TPSA) is 83.8 Å². The van der Waals surface area contributed by atoms with Crippen LogP contribution in [0.5, 0.6) is 0 Å². The number of esters is 1. The molecule has 5 rings (SSSR count). The number of aliphatic hydroxyl groups excluding tert-OH is 2. The van der Waals surface area contributed by atoms with Crippen LogP contribution < -0.4 is 10.6 Å². The zero-order chi connectivity index (χ0) is 29.4. The molecule has 5 aromatic rings. The summed E-state index contributed by atoms with van der Waals surface area (Å²) in [5.74, 6) is -0.585. The van der Waals surface area contributed by atoms with Crippen LogP contribution in [0.4, 0.5) is 0 Å². The Morgan fingerprint density at radius 3 is 1.48 bits per heavy atom. The maximum atomic E-state index is 15.5. The van der Waals surface area contributed by atoms with Crippen molar-refractivity contribution in [2.45, 2.75) is 30.4 Å². The molecule has 0 radical (unpaired) electrons. The lowest BCUT2D eigenvalue weighted by Crippen LogP contribution is -2.36. The summed E-state index contributed by atoms with van der Waals surface area (Å²) in [4.78, 5) is 13.2. The molecule has 0 saturated carbocycles. The van der Waals surface area contributed by atoms with Crippen LogP contribution in [0.15, 0.2) is 152 Å². The van der Waals surface area contributed by atoms with Gasteiger partial charge in [-0.05, 0) is 29.7 Å². The second kappa shape index (κ2) is 13.6. The lowest BCUT2D eigenvalue weighted by Gasteiger charge is -2.35. The van der Waals surface area contributed by atoms with Crippen molar-refractivity contribution in [1.29, 1.82) is 0 Å². The zero-order valence-electron chi connectivity index (χ0n) is 23.0. The standard InChI is InChI=1S/C36H33O5P/c37-32(35(28-18-8-2-9-19-28)41-36(39)29-20-10-3-11-21-29)26-33(34(38)27-16-6-1-7-17-27)42(40,30-22-12-4-13-23-30)31-24-14-5-15-25-31/h1-25,32-35,37-38H,26H2/t32-,33?,34?,35-/m0/s1. The molecule has 0 fully saturated rings. The lowest BCUT2D eigenvalue weighted by atomic mass is 9.96. The largest absolute Gasteiger partial charge is 0.451 e. The normalized spacial score (nSPS) is 14.3. The van der Waals surface area contributed by atoms with Crippen LogP contribution in [0.25, 0.3) is 0 Å². The third-order valence-corrected chi connectivity index (χ3v) is 11.0. The maximum Gasteiger partial charge on any atom is 0.338 e. The fourth-order valence-electron chi connectivity index (χ4n) is 5.32. The van der Waals surface area contributed by atoms with Gasteiger partial charge in [-0.2, -0.15) is 0 Å². The lowest BCUT2D eigenvalue weighted by molar-refractivity contribution is -0.0261. The Morgan fingerprint density at radius 2 is 1.00 bits per heavy atom. The van der Waals surface area contributed by atoms with Crippen molar-refractivity contribution in [3.63, 3.8) is 0 Å². The highest BCUT2D eigenvalue weighted by Gasteiger charge is 2.44. The number of benzene rings is 5. The summed E-state index contributed by atoms with van der Waals surface area (Å²) in [6.07, 6.45) is -3.65. The predicted octanol–water partition coefficient (Wildman–Crippen LogP) is 6.45. The molecule has 2 unspecified atom stereocenters. The number of carbonyl (C=O) groups is 1. The third-order valence-electron chi connectivity index (χ3n) is 7.46. The number of hydrogen-bond acceptors (Lipinski definition) is 5. The Balaban J connectivity index is 1.60. The van der Waals surface area contributed by atoms with Crippen molar-refractivity contribution in [2.75, 3.05) is 0 Å². The predicted molar refractivity (Wildman–Crippen MR) is 167 cm³/mol. The molecule has 0 bridgehead atoms. The summed E-state index contributed by atoms with van der Waals surface area (Å²) in [5, 5.41) is 24.9. The van der Waals surface area contributed by atoms with Gasteiger partial charge >= 0.3 is 5.97 Å². The Kier molecular flexibility index (Phi) is 9.45. The van der Waals surface area contributed by atoms with Crippen LogP contribution in [0.2, 0.25) is 0 Å². The highest BCUT2D eigenvalue weighted by Crippen LogP contribution is 2.55. The monoisotopic (exact) mass is 576 g/mol. The molecule has 5 aromatic carbocycles. The number of rotatable bonds is 11. The first-order chi connectivity index (χ1) is 20.5. The van der Waals surface area contributed by atoms with Crippen molar-refractivity contribution in [3.8, 4) is 0 Å². The summed E-state index contributed by atoms with van der Waals surface area (Å²) in [7, 11) is -3.58. The quantitative estimate of drug-likeness (QED) is 0.139. The summed E-state index contributed by atoms with van der Waals surface area (Å²) in [6, 6.07) is 44.9. The minimum Gasteiger partial charge on any atom is -0.451 e. The first kappa shape index (κ1) is 29.2. The van der Waals surface area contributed by atoms with Crippen molar-refractivity contribution in [2.24, 2.45) is 0 Å². The molecule has 0 heterocycles. The van der Waals surface area contributed by atoms with E-state index in [0.29, 0.717) is 27.3 Å². The van der Waals surface area contributed by atoms with Crippen LogP contribution in [0.1, 0.15) is 40.1 Å². The van der Waals surface area contributed by atoms with E-state index < -0.39 is 37.1 Å². The molecule has 42 heavy (non-hydrogen) atoms. The van der Waals surface area contributed by atoms with E-state index in [4.69, 9.17) is 4.74 Å². The van der Waals surface area contributed by atoms with Gasteiger partial charge in [0, 0.05) is 10.6 Å². The Morgan fingerprint density at radius 1 is 0.595 bits per heavy atom. The fourth-order valence-corrected chi connectivity index (χ4v) is 8.70. The van der Waals surface area contributed by atoms with Gasteiger partial charge in [0.2, 0.25) is 0 Å². The molecular formula is C36H33O5P. The molecule has 0 amide bonds. The summed E-state index contributed by atoms with van der Waals surface area (Å²) < 4.78 is 21.4. The highest BCUT2D eigenvalue weighted by molar-refractivity contribution is 7.79. The third kappa shape index (κ3) is 6.45. The van der Waals surface area contributed by atoms with Gasteiger partial charge in [-0.3, -0.25) is 0 Å². The van der Waals surface area contributed by atoms with E-state index in [0.717, 1.165) is 0 Å². The van der Waals surface area contributed by atoms with Crippen molar-refractivity contribution in [3.05, 3.63) is 168 Å². The smallest absolute Gasteiger partial charge is 0.338 e. The molecule has 5 nitrogen and oxygen atoms in total. The molecule has 0 aromatic heterocycles. The average molecular weight is 577 g/mol. The van der Waals surface area contributed by atoms with Crippen LogP contribution in [0, 0.1) is 0 Å². The Bertz CT molecular complexity index is 1550. The van der Waals surface area contributed by atoms with Crippen molar-refractivity contribution in [1.82, 2.24) is 0 Å². The first-order valence-corrected chi connectivity index (χ1v) is 15.7. The van der Waals surface area contributed by atoms with Gasteiger partial charge in [0.15, 0.2) is 6.10 Å². The second-order valence-electron chi connectivity index (χ2n) is 10.2. The van der Waals surface area contributed by atoms with Gasteiger partial charge in [0.1, 0.15) is 7.14 Å². The van der Waals surface area contributed by atoms with Gasteiger partial charge in [0.25, 0.3) is 0 Å². The van der Waals surface area contributed by atoms with E-state index >= 15 is 4.57 Å². The molecular weight excluding hydrogens is 543 g/mol. The molecule has 6 heteroatoms. The van der Waals surface area contributed by atoms with Crippen LogP contribution in [0.3, 0.4) is 0 Å². The van der Waals surface area contributed by atoms with Crippen molar-refractivity contribution < 1.29 is 24.3 Å². The molecule has 4 atom stereocenters. The molecule has 2 N–H and O–H groups in total. The molecule has 0 spiro atoms. The highest BCUT2D eigenvalue weighted by atomic mass is 31.2. The van der Waals surface area contributed by atoms with E-state index in [1.807, 2.05) is 60.7 Å². The van der Waals surface area contributed by atoms with E-state index in [2.05, 4.69) is 0 Å². The van der Waals surface area contributed by atoms with Gasteiger partial charge in [-0.15, -0.1) is 0 Å². The minimum absolute atomic E-state index is 0.112. The van der Waals surface area contributed by atoms with E-state index in [1.165, 1.54) is 0 Å². The average Bonchev–Trinajstić information content (AvgIpc) is 3.07. The molecule has 0 aliphatic carbocycles. The number of carbonyl (C=O) groups excluding carboxylic acids is 1. The van der Waals surface area contributed by atoms with Gasteiger partial charge in [-0.25, -0.2) is 4.79 Å². The number of hydrogen-bond donors (Lipinski definition) is 2. The number of ether oxygens (including phenoxy) is 1. The molecule has 0 saturated heterocycles. The molecule has 0 aliphatic heterocycles. The maximum absolute atomic E-state index is 15.5. The number of aliphatic hydroxyl groups is 2. The summed E-state index contributed by atoms with van der Waals surface area (Å²) in [6.45, 7) is 0. The summed E-state index contributed by atoms with van der Waals surface area (Å²) in [5.41, 5.74) is 0.586. The second-order valence-corrected chi connectivity index (χ2v) is 13.2. The van der Waals surface area contributed by atoms with Gasteiger partial charge in [0.05, 0.1) is 23.4 Å². The van der Waals surface area contributed by atoms with E-state index in [1.54, 1.807) is 91.0 Å². The Hall–Kier alpha value is -4.28. The fraction of sp³-hybridized carbons (Fsp3) is 0.139. The van der Waals surface area contributed by atoms with Crippen LogP contribution >= 0.6 is 7.14 Å². The van der Waals surface area contributed by atoms with E-state index in [-0.39, 0.29) is 6.42 Å². The first-order valence-electron chi connectivity index (χ1n) is 13.9. The minimum atomic E-state index is -3.58. The van der Waals surface area contributed by atoms with Gasteiger partial charge in [-0.1, -0.05) is 140 Å². The molecule has 0 aliphatic rings.